The molecule has 0 bridgehead atoms. The van der Waals surface area contributed by atoms with E-state index in [4.69, 9.17) is 15.2 Å². The van der Waals surface area contributed by atoms with E-state index < -0.39 is 15.9 Å². The van der Waals surface area contributed by atoms with E-state index in [1.165, 1.54) is 36.7 Å². The number of nitrogens with two attached hydrogens (primary N) is 1. The molecule has 2 aromatic carbocycles. The van der Waals surface area contributed by atoms with Crippen molar-refractivity contribution in [3.63, 3.8) is 0 Å². The van der Waals surface area contributed by atoms with Crippen LogP contribution in [-0.4, -0.2) is 39.4 Å². The summed E-state index contributed by atoms with van der Waals surface area (Å²) < 4.78 is 37.7. The van der Waals surface area contributed by atoms with Gasteiger partial charge in [0.1, 0.15) is 0 Å². The summed E-state index contributed by atoms with van der Waals surface area (Å²) in [6.07, 6.45) is -0.0701. The first kappa shape index (κ1) is 19.7. The summed E-state index contributed by atoms with van der Waals surface area (Å²) in [4.78, 5) is 11.2. The van der Waals surface area contributed by atoms with Gasteiger partial charge in [-0.2, -0.15) is 4.31 Å². The Morgan fingerprint density at radius 2 is 1.69 bits per heavy atom. The van der Waals surface area contributed by atoms with Gasteiger partial charge in [-0.05, 0) is 17.7 Å². The summed E-state index contributed by atoms with van der Waals surface area (Å²) in [6, 6.07) is 13.5. The average molecular weight is 378 g/mol. The molecule has 140 valence electrons. The minimum absolute atomic E-state index is 0.0130. The van der Waals surface area contributed by atoms with Crippen molar-refractivity contribution in [1.82, 2.24) is 4.31 Å². The third kappa shape index (κ3) is 4.74. The largest absolute Gasteiger partial charge is 0.493 e. The Labute approximate surface area is 153 Å². The second-order valence-corrected chi connectivity index (χ2v) is 7.50. The van der Waals surface area contributed by atoms with Crippen molar-refractivity contribution in [2.24, 2.45) is 5.73 Å². The van der Waals surface area contributed by atoms with Gasteiger partial charge >= 0.3 is 0 Å². The highest BCUT2D eigenvalue weighted by Gasteiger charge is 2.26. The lowest BCUT2D eigenvalue weighted by Gasteiger charge is -2.22. The zero-order valence-corrected chi connectivity index (χ0v) is 15.5. The molecule has 2 N–H and O–H groups in total. The van der Waals surface area contributed by atoms with Gasteiger partial charge in [0.25, 0.3) is 0 Å². The van der Waals surface area contributed by atoms with Crippen molar-refractivity contribution in [1.29, 1.82) is 0 Å². The normalized spacial score (nSPS) is 11.3. The standard InChI is InChI=1S/C18H22N2O5S/c1-24-16-9-8-15(12-17(16)25-2)26(22,23)20(11-10-18(19)21)13-14-6-4-3-5-7-14/h3-9,12H,10-11,13H2,1-2H3,(H2,19,21). The van der Waals surface area contributed by atoms with Gasteiger partial charge in [0.2, 0.25) is 15.9 Å². The Morgan fingerprint density at radius 1 is 1.04 bits per heavy atom. The second-order valence-electron chi connectivity index (χ2n) is 5.56. The Morgan fingerprint density at radius 3 is 2.27 bits per heavy atom. The van der Waals surface area contributed by atoms with Gasteiger partial charge in [-0.25, -0.2) is 8.42 Å². The number of hydrogen-bond acceptors (Lipinski definition) is 5. The van der Waals surface area contributed by atoms with Crippen LogP contribution in [0.5, 0.6) is 11.5 Å². The lowest BCUT2D eigenvalue weighted by atomic mass is 10.2. The topological polar surface area (TPSA) is 98.9 Å². The van der Waals surface area contributed by atoms with E-state index in [2.05, 4.69) is 0 Å². The van der Waals surface area contributed by atoms with Gasteiger partial charge < -0.3 is 15.2 Å². The molecule has 0 unspecified atom stereocenters. The van der Waals surface area contributed by atoms with E-state index in [0.29, 0.717) is 11.5 Å². The molecular formula is C18H22N2O5S. The maximum atomic E-state index is 13.1. The van der Waals surface area contributed by atoms with Gasteiger partial charge in [-0.15, -0.1) is 0 Å². The van der Waals surface area contributed by atoms with Gasteiger partial charge in [0.15, 0.2) is 11.5 Å². The van der Waals surface area contributed by atoms with Crippen LogP contribution in [0.2, 0.25) is 0 Å². The van der Waals surface area contributed by atoms with E-state index in [1.54, 1.807) is 0 Å². The van der Waals surface area contributed by atoms with Gasteiger partial charge in [0, 0.05) is 25.6 Å². The highest BCUT2D eigenvalue weighted by atomic mass is 32.2. The van der Waals surface area contributed by atoms with Crippen molar-refractivity contribution < 1.29 is 22.7 Å². The molecule has 0 saturated carbocycles. The number of nitrogens with zero attached hydrogens (tertiary/aromatic N) is 1. The molecule has 0 aliphatic rings. The minimum atomic E-state index is -3.86. The first-order valence-electron chi connectivity index (χ1n) is 7.93. The number of benzene rings is 2. The Balaban J connectivity index is 2.39. The summed E-state index contributed by atoms with van der Waals surface area (Å²) in [5.41, 5.74) is 6.01. The van der Waals surface area contributed by atoms with Crippen LogP contribution in [0, 0.1) is 0 Å². The first-order chi connectivity index (χ1) is 12.4. The number of methoxy groups -OCH3 is 2. The number of carbonyl (C=O) groups excluding carboxylic acids is 1. The van der Waals surface area contributed by atoms with E-state index in [-0.39, 0.29) is 24.4 Å². The zero-order chi connectivity index (χ0) is 19.2. The molecule has 0 saturated heterocycles. The van der Waals surface area contributed by atoms with Gasteiger partial charge in [-0.3, -0.25) is 4.79 Å². The monoisotopic (exact) mass is 378 g/mol. The van der Waals surface area contributed by atoms with Crippen LogP contribution in [0.1, 0.15) is 12.0 Å². The summed E-state index contributed by atoms with van der Waals surface area (Å²) in [7, 11) is -0.956. The number of primary amides is 1. The highest BCUT2D eigenvalue weighted by molar-refractivity contribution is 7.89. The molecule has 8 heteroatoms. The molecule has 0 aliphatic carbocycles. The maximum Gasteiger partial charge on any atom is 0.243 e. The predicted molar refractivity (Wildman–Crippen MR) is 97.4 cm³/mol. The fourth-order valence-corrected chi connectivity index (χ4v) is 3.88. The number of hydrogen-bond donors (Lipinski definition) is 1. The van der Waals surface area contributed by atoms with Crippen molar-refractivity contribution in [3.05, 3.63) is 54.1 Å². The van der Waals surface area contributed by atoms with Gasteiger partial charge in [-0.1, -0.05) is 30.3 Å². The quantitative estimate of drug-likeness (QED) is 0.717. The molecule has 2 aromatic rings. The van der Waals surface area contributed by atoms with Crippen molar-refractivity contribution >= 4 is 15.9 Å². The molecule has 0 heterocycles. The molecule has 2 rings (SSSR count). The van der Waals surface area contributed by atoms with Crippen LogP contribution >= 0.6 is 0 Å². The maximum absolute atomic E-state index is 13.1. The molecule has 0 aromatic heterocycles. The van der Waals surface area contributed by atoms with E-state index in [1.807, 2.05) is 30.3 Å². The molecule has 0 fully saturated rings. The lowest BCUT2D eigenvalue weighted by Crippen LogP contribution is -2.33. The van der Waals surface area contributed by atoms with E-state index in [9.17, 15) is 13.2 Å². The summed E-state index contributed by atoms with van der Waals surface area (Å²) >= 11 is 0. The number of ether oxygens (including phenoxy) is 2. The highest BCUT2D eigenvalue weighted by Crippen LogP contribution is 2.31. The Bertz CT molecular complexity index is 853. The summed E-state index contributed by atoms with van der Waals surface area (Å²) in [5.74, 6) is 0.173. The fraction of sp³-hybridized carbons (Fsp3) is 0.278. The number of carbonyl (C=O) groups is 1. The number of sulfonamides is 1. The minimum Gasteiger partial charge on any atom is -0.493 e. The molecule has 0 aliphatic heterocycles. The lowest BCUT2D eigenvalue weighted by molar-refractivity contribution is -0.118. The second kappa shape index (κ2) is 8.68. The van der Waals surface area contributed by atoms with E-state index >= 15 is 0 Å². The van der Waals surface area contributed by atoms with E-state index in [0.717, 1.165) is 5.56 Å². The predicted octanol–water partition coefficient (Wildman–Crippen LogP) is 1.77. The molecule has 26 heavy (non-hydrogen) atoms. The van der Waals surface area contributed by atoms with Crippen LogP contribution in [0.4, 0.5) is 0 Å². The van der Waals surface area contributed by atoms with Crippen LogP contribution in [-0.2, 0) is 21.4 Å². The molecule has 7 nitrogen and oxygen atoms in total. The van der Waals surface area contributed by atoms with Crippen LogP contribution in [0.25, 0.3) is 0 Å². The molecule has 0 spiro atoms. The first-order valence-corrected chi connectivity index (χ1v) is 9.37. The summed E-state index contributed by atoms with van der Waals surface area (Å²) in [5, 5.41) is 0. The van der Waals surface area contributed by atoms with Gasteiger partial charge in [0.05, 0.1) is 19.1 Å². The fourth-order valence-electron chi connectivity index (χ4n) is 2.43. The number of rotatable bonds is 9. The SMILES string of the molecule is COc1ccc(S(=O)(=O)N(CCC(N)=O)Cc2ccccc2)cc1OC. The third-order valence-electron chi connectivity index (χ3n) is 3.80. The van der Waals surface area contributed by atoms with Crippen molar-refractivity contribution in [2.45, 2.75) is 17.9 Å². The number of amides is 1. The molecule has 0 radical (unpaired) electrons. The Kier molecular flexibility index (Phi) is 6.59. The average Bonchev–Trinajstić information content (AvgIpc) is 2.64. The smallest absolute Gasteiger partial charge is 0.243 e. The van der Waals surface area contributed by atoms with Crippen LogP contribution < -0.4 is 15.2 Å². The van der Waals surface area contributed by atoms with Crippen LogP contribution in [0.3, 0.4) is 0 Å². The van der Waals surface area contributed by atoms with Crippen LogP contribution in [0.15, 0.2) is 53.4 Å². The third-order valence-corrected chi connectivity index (χ3v) is 5.64. The summed E-state index contributed by atoms with van der Waals surface area (Å²) in [6.45, 7) is 0.117. The molecule has 0 atom stereocenters. The Hall–Kier alpha value is -2.58. The van der Waals surface area contributed by atoms with Crippen molar-refractivity contribution in [3.8, 4) is 11.5 Å². The molecular weight excluding hydrogens is 356 g/mol. The molecule has 1 amide bonds. The van der Waals surface area contributed by atoms with Crippen molar-refractivity contribution in [2.75, 3.05) is 20.8 Å². The zero-order valence-electron chi connectivity index (χ0n) is 14.7.